The summed E-state index contributed by atoms with van der Waals surface area (Å²) < 4.78 is 5.38. The van der Waals surface area contributed by atoms with Gasteiger partial charge in [-0.15, -0.1) is 0 Å². The van der Waals surface area contributed by atoms with Gasteiger partial charge in [0.15, 0.2) is 5.54 Å². The van der Waals surface area contributed by atoms with Gasteiger partial charge in [-0.05, 0) is 37.1 Å². The van der Waals surface area contributed by atoms with Crippen LogP contribution in [0.2, 0.25) is 0 Å². The monoisotopic (exact) mass is 437 g/mol. The number of rotatable bonds is 5. The van der Waals surface area contributed by atoms with Crippen molar-refractivity contribution in [2.75, 3.05) is 5.32 Å². The lowest BCUT2D eigenvalue weighted by Crippen LogP contribution is -2.48. The number of anilines is 1. The van der Waals surface area contributed by atoms with E-state index in [1.807, 2.05) is 92.7 Å². The zero-order valence-electron chi connectivity index (χ0n) is 18.3. The lowest BCUT2D eigenvalue weighted by atomic mass is 9.82. The molecule has 0 spiro atoms. The highest BCUT2D eigenvalue weighted by molar-refractivity contribution is 6.09. The van der Waals surface area contributed by atoms with Crippen LogP contribution < -0.4 is 10.6 Å². The number of hydrogen-bond donors (Lipinski definition) is 3. The van der Waals surface area contributed by atoms with E-state index in [1.54, 1.807) is 0 Å². The van der Waals surface area contributed by atoms with Gasteiger partial charge in [0.05, 0.1) is 11.4 Å². The number of aryl methyl sites for hydroxylation is 2. The summed E-state index contributed by atoms with van der Waals surface area (Å²) in [6, 6.07) is 24.8. The predicted octanol–water partition coefficient (Wildman–Crippen LogP) is 5.30. The lowest BCUT2D eigenvalue weighted by molar-refractivity contribution is -0.120. The minimum Gasteiger partial charge on any atom is -0.513 e. The summed E-state index contributed by atoms with van der Waals surface area (Å²) in [4.78, 5) is 13.7. The summed E-state index contributed by atoms with van der Waals surface area (Å²) in [5, 5.41) is 20.6. The van der Waals surface area contributed by atoms with E-state index >= 15 is 0 Å². The highest BCUT2D eigenvalue weighted by Crippen LogP contribution is 2.44. The van der Waals surface area contributed by atoms with E-state index in [0.717, 1.165) is 39.8 Å². The summed E-state index contributed by atoms with van der Waals surface area (Å²) in [6.07, 6.45) is 1.00. The summed E-state index contributed by atoms with van der Waals surface area (Å²) in [5.74, 6) is 0.484. The van der Waals surface area contributed by atoms with Gasteiger partial charge in [0.1, 0.15) is 12.0 Å². The minimum atomic E-state index is -1.25. The van der Waals surface area contributed by atoms with E-state index in [1.165, 1.54) is 0 Å². The Morgan fingerprint density at radius 1 is 1.03 bits per heavy atom. The first kappa shape index (κ1) is 20.6. The van der Waals surface area contributed by atoms with Crippen LogP contribution in [0, 0.1) is 13.8 Å². The molecule has 1 aliphatic heterocycles. The van der Waals surface area contributed by atoms with Crippen molar-refractivity contribution in [3.05, 3.63) is 113 Å². The molecule has 0 radical (unpaired) electrons. The van der Waals surface area contributed by atoms with E-state index < -0.39 is 5.54 Å². The Balaban J connectivity index is 1.73. The Labute approximate surface area is 191 Å². The van der Waals surface area contributed by atoms with Crippen LogP contribution in [0.1, 0.15) is 28.1 Å². The molecule has 0 bridgehead atoms. The maximum atomic E-state index is 13.7. The topological polar surface area (TPSA) is 87.4 Å². The first-order valence-electron chi connectivity index (χ1n) is 10.7. The Bertz CT molecular complexity index is 1340. The Kier molecular flexibility index (Phi) is 4.98. The first-order chi connectivity index (χ1) is 16.0. The van der Waals surface area contributed by atoms with Gasteiger partial charge in [0.25, 0.3) is 5.91 Å². The van der Waals surface area contributed by atoms with Gasteiger partial charge in [-0.1, -0.05) is 71.9 Å². The highest BCUT2D eigenvalue weighted by Gasteiger charge is 2.49. The van der Waals surface area contributed by atoms with E-state index in [2.05, 4.69) is 15.8 Å². The average molecular weight is 437 g/mol. The van der Waals surface area contributed by atoms with Crippen molar-refractivity contribution >= 4 is 17.3 Å². The van der Waals surface area contributed by atoms with Crippen molar-refractivity contribution in [3.8, 4) is 11.1 Å². The summed E-state index contributed by atoms with van der Waals surface area (Å²) in [5.41, 5.74) is 4.75. The number of carbonyl (C=O) groups is 1. The second-order valence-corrected chi connectivity index (χ2v) is 8.06. The maximum absolute atomic E-state index is 13.7. The van der Waals surface area contributed by atoms with Crippen LogP contribution in [0.25, 0.3) is 16.8 Å². The maximum Gasteiger partial charge on any atom is 0.259 e. The van der Waals surface area contributed by atoms with Gasteiger partial charge in [-0.3, -0.25) is 4.79 Å². The molecule has 3 aromatic carbocycles. The van der Waals surface area contributed by atoms with E-state index in [4.69, 9.17) is 4.52 Å². The molecule has 4 aromatic rings. The molecule has 6 heteroatoms. The number of fused-ring (bicyclic) bond motifs is 1. The average Bonchev–Trinajstić information content (AvgIpc) is 3.33. The number of amides is 1. The van der Waals surface area contributed by atoms with Gasteiger partial charge in [-0.2, -0.15) is 0 Å². The van der Waals surface area contributed by atoms with Crippen molar-refractivity contribution in [1.29, 1.82) is 0 Å². The number of nitrogens with zero attached hydrogens (tertiary/aromatic N) is 1. The third kappa shape index (κ3) is 3.27. The van der Waals surface area contributed by atoms with E-state index in [9.17, 15) is 9.90 Å². The zero-order chi connectivity index (χ0) is 23.0. The number of aliphatic hydroxyl groups is 1. The number of carbonyl (C=O) groups excluding carboxylic acids is 1. The molecule has 0 saturated carbocycles. The van der Waals surface area contributed by atoms with Crippen LogP contribution in [0.4, 0.5) is 5.69 Å². The van der Waals surface area contributed by atoms with Crippen molar-refractivity contribution in [1.82, 2.24) is 10.5 Å². The smallest absolute Gasteiger partial charge is 0.259 e. The summed E-state index contributed by atoms with van der Waals surface area (Å²) in [7, 11) is 0. The second kappa shape index (κ2) is 7.98. The first-order valence-corrected chi connectivity index (χ1v) is 10.7. The second-order valence-electron chi connectivity index (χ2n) is 8.06. The molecule has 1 amide bonds. The van der Waals surface area contributed by atoms with Crippen LogP contribution in [0.5, 0.6) is 0 Å². The van der Waals surface area contributed by atoms with Crippen molar-refractivity contribution < 1.29 is 14.4 Å². The molecule has 164 valence electrons. The summed E-state index contributed by atoms with van der Waals surface area (Å²) in [6.45, 7) is 3.77. The van der Waals surface area contributed by atoms with Crippen LogP contribution in [-0.4, -0.2) is 16.2 Å². The molecule has 0 fully saturated rings. The largest absolute Gasteiger partial charge is 0.513 e. The fourth-order valence-electron chi connectivity index (χ4n) is 4.52. The number of nitrogens with one attached hydrogen (secondary N) is 2. The predicted molar refractivity (Wildman–Crippen MR) is 127 cm³/mol. The third-order valence-electron chi connectivity index (χ3n) is 6.08. The fourth-order valence-corrected chi connectivity index (χ4v) is 4.52. The van der Waals surface area contributed by atoms with Crippen LogP contribution in [0.3, 0.4) is 0 Å². The van der Waals surface area contributed by atoms with Crippen molar-refractivity contribution in [3.63, 3.8) is 0 Å². The molecule has 5 rings (SSSR count). The lowest BCUT2D eigenvalue weighted by Gasteiger charge is -2.32. The molecule has 2 heterocycles. The Morgan fingerprint density at radius 3 is 2.36 bits per heavy atom. The Morgan fingerprint density at radius 2 is 1.73 bits per heavy atom. The molecule has 1 atom stereocenters. The molecule has 3 N–H and O–H groups in total. The van der Waals surface area contributed by atoms with Crippen LogP contribution >= 0.6 is 0 Å². The Hall–Kier alpha value is -4.32. The van der Waals surface area contributed by atoms with E-state index in [-0.39, 0.29) is 5.91 Å². The van der Waals surface area contributed by atoms with Crippen LogP contribution in [0.15, 0.2) is 89.6 Å². The quantitative estimate of drug-likeness (QED) is 0.369. The molecule has 1 aliphatic rings. The fraction of sp³-hybridized carbons (Fsp3) is 0.111. The standard InChI is InChI=1S/C27H23N3O3/c1-17-25(18(2)33-30-17)20-13-14-23-22(15-20)27(26(32)28-23,21-11-7-4-8-12-21)29-24(16-31)19-9-5-3-6-10-19/h3-16,29,31H,1-2H3,(H,28,32)/b24-16-. The molecular formula is C27H23N3O3. The summed E-state index contributed by atoms with van der Waals surface area (Å²) >= 11 is 0. The molecule has 1 aromatic heterocycles. The van der Waals surface area contributed by atoms with Gasteiger partial charge in [-0.25, -0.2) is 0 Å². The van der Waals surface area contributed by atoms with Gasteiger partial charge in [0.2, 0.25) is 0 Å². The molecule has 6 nitrogen and oxygen atoms in total. The normalized spacial score (nSPS) is 17.5. The van der Waals surface area contributed by atoms with Crippen molar-refractivity contribution in [2.45, 2.75) is 19.4 Å². The number of aliphatic hydroxyl groups excluding tert-OH is 1. The molecular weight excluding hydrogens is 414 g/mol. The molecule has 0 aliphatic carbocycles. The zero-order valence-corrected chi connectivity index (χ0v) is 18.3. The highest BCUT2D eigenvalue weighted by atomic mass is 16.5. The molecule has 33 heavy (non-hydrogen) atoms. The number of benzene rings is 3. The van der Waals surface area contributed by atoms with Gasteiger partial charge < -0.3 is 20.3 Å². The minimum absolute atomic E-state index is 0.227. The van der Waals surface area contributed by atoms with E-state index in [0.29, 0.717) is 17.1 Å². The molecule has 0 saturated heterocycles. The SMILES string of the molecule is Cc1noc(C)c1-c1ccc2c(c1)C(N/C(=C\O)c1ccccc1)(c1ccccc1)C(=O)N2. The molecule has 1 unspecified atom stereocenters. The van der Waals surface area contributed by atoms with Crippen molar-refractivity contribution in [2.24, 2.45) is 0 Å². The third-order valence-corrected chi connectivity index (χ3v) is 6.08. The van der Waals surface area contributed by atoms with Gasteiger partial charge >= 0.3 is 0 Å². The van der Waals surface area contributed by atoms with Crippen LogP contribution in [-0.2, 0) is 10.3 Å². The number of aromatic nitrogens is 1. The number of hydrogen-bond acceptors (Lipinski definition) is 5. The van der Waals surface area contributed by atoms with Gasteiger partial charge in [0, 0.05) is 22.4 Å².